The van der Waals surface area contributed by atoms with Gasteiger partial charge in [-0.05, 0) is 62.2 Å². The molecule has 1 saturated carbocycles. The van der Waals surface area contributed by atoms with Crippen LogP contribution in [0.25, 0.3) is 16.9 Å². The van der Waals surface area contributed by atoms with Gasteiger partial charge in [-0.3, -0.25) is 4.79 Å². The summed E-state index contributed by atoms with van der Waals surface area (Å²) in [5.74, 6) is 2.40. The van der Waals surface area contributed by atoms with Gasteiger partial charge < -0.3 is 14.8 Å². The number of benzene rings is 1. The maximum absolute atomic E-state index is 13.2. The summed E-state index contributed by atoms with van der Waals surface area (Å²) in [6.07, 6.45) is 3.90. The molecule has 4 aromatic rings. The van der Waals surface area contributed by atoms with E-state index in [2.05, 4.69) is 15.4 Å². The van der Waals surface area contributed by atoms with Gasteiger partial charge in [-0.25, -0.2) is 9.97 Å². The smallest absolute Gasteiger partial charge is 0.252 e. The molecule has 3 heterocycles. The molecule has 0 spiro atoms. The van der Waals surface area contributed by atoms with Gasteiger partial charge in [-0.15, -0.1) is 0 Å². The number of ether oxygens (including phenoxy) is 2. The van der Waals surface area contributed by atoms with E-state index < -0.39 is 0 Å². The Kier molecular flexibility index (Phi) is 5.64. The summed E-state index contributed by atoms with van der Waals surface area (Å²) in [5.41, 5.74) is 2.92. The summed E-state index contributed by atoms with van der Waals surface area (Å²) in [5, 5.41) is 8.38. The fourth-order valence-corrected chi connectivity index (χ4v) is 3.81. The number of hydrogen-bond donors (Lipinski definition) is 1. The lowest BCUT2D eigenvalue weighted by Crippen LogP contribution is -2.28. The maximum Gasteiger partial charge on any atom is 0.252 e. The molecule has 8 heteroatoms. The van der Waals surface area contributed by atoms with Gasteiger partial charge in [0.2, 0.25) is 0 Å². The molecule has 1 N–H and O–H groups in total. The van der Waals surface area contributed by atoms with Crippen LogP contribution in [0.3, 0.4) is 0 Å². The number of amides is 1. The summed E-state index contributed by atoms with van der Waals surface area (Å²) in [4.78, 5) is 22.5. The van der Waals surface area contributed by atoms with Gasteiger partial charge in [0.05, 0.1) is 30.3 Å². The van der Waals surface area contributed by atoms with Crippen molar-refractivity contribution < 1.29 is 14.3 Å². The molecule has 0 atom stereocenters. The number of fused-ring (bicyclic) bond motifs is 1. The highest BCUT2D eigenvalue weighted by atomic mass is 16.5. The Balaban J connectivity index is 1.37. The highest BCUT2D eigenvalue weighted by molar-refractivity contribution is 6.06. The lowest BCUT2D eigenvalue weighted by atomic mass is 10.1. The molecule has 1 aliphatic rings. The topological polar surface area (TPSA) is 91.2 Å². The molecule has 0 radical (unpaired) electrons. The third-order valence-electron chi connectivity index (χ3n) is 5.65. The molecule has 1 fully saturated rings. The van der Waals surface area contributed by atoms with Crippen LogP contribution < -0.4 is 14.8 Å². The Bertz CT molecular complexity index is 1280. The van der Waals surface area contributed by atoms with Crippen molar-refractivity contribution in [1.82, 2.24) is 25.1 Å². The lowest BCUT2D eigenvalue weighted by Gasteiger charge is -2.10. The monoisotopic (exact) mass is 443 g/mol. The van der Waals surface area contributed by atoms with Crippen LogP contribution in [0.1, 0.15) is 40.5 Å². The van der Waals surface area contributed by atoms with Crippen molar-refractivity contribution >= 4 is 16.9 Å². The van der Waals surface area contributed by atoms with E-state index in [4.69, 9.17) is 14.5 Å². The summed E-state index contributed by atoms with van der Waals surface area (Å²) >= 11 is 0. The number of rotatable bonds is 8. The number of carbonyl (C=O) groups excluding carboxylic acids is 1. The van der Waals surface area contributed by atoms with E-state index in [1.165, 1.54) is 0 Å². The van der Waals surface area contributed by atoms with Crippen molar-refractivity contribution in [2.75, 3.05) is 20.3 Å². The van der Waals surface area contributed by atoms with Crippen molar-refractivity contribution in [1.29, 1.82) is 0 Å². The number of hydrogen-bond acceptors (Lipinski definition) is 6. The first-order valence-corrected chi connectivity index (χ1v) is 11.0. The average Bonchev–Trinajstić information content (AvgIpc) is 3.65. The molecule has 33 heavy (non-hydrogen) atoms. The zero-order valence-electron chi connectivity index (χ0n) is 18.6. The number of pyridine rings is 2. The van der Waals surface area contributed by atoms with E-state index >= 15 is 0 Å². The molecule has 1 aromatic carbocycles. The average molecular weight is 444 g/mol. The second-order valence-corrected chi connectivity index (χ2v) is 8.03. The number of nitrogens with zero attached hydrogens (tertiary/aromatic N) is 4. The first-order chi connectivity index (χ1) is 16.1. The van der Waals surface area contributed by atoms with Gasteiger partial charge in [0.15, 0.2) is 11.5 Å². The van der Waals surface area contributed by atoms with Gasteiger partial charge in [0.1, 0.15) is 18.1 Å². The van der Waals surface area contributed by atoms with Crippen LogP contribution in [-0.4, -0.2) is 45.9 Å². The van der Waals surface area contributed by atoms with Crippen molar-refractivity contribution in [3.8, 4) is 17.3 Å². The zero-order chi connectivity index (χ0) is 22.8. The van der Waals surface area contributed by atoms with Crippen LogP contribution in [0, 0.1) is 6.92 Å². The molecule has 0 saturated heterocycles. The van der Waals surface area contributed by atoms with Crippen LogP contribution >= 0.6 is 0 Å². The van der Waals surface area contributed by atoms with Crippen LogP contribution in [0.2, 0.25) is 0 Å². The summed E-state index contributed by atoms with van der Waals surface area (Å²) in [7, 11) is 1.62. The SMILES string of the molecule is COc1ccc(OCCNC(=O)c2cc(C3CC3)nc3c2c(C)nn3-c2ccccn2)cc1. The second kappa shape index (κ2) is 8.90. The standard InChI is InChI=1S/C25H25N5O3/c1-16-23-20(25(31)27-13-14-33-19-10-8-18(32-2)9-11-19)15-21(17-6-7-17)28-24(23)30(29-16)22-5-3-4-12-26-22/h3-5,8-12,15,17H,6-7,13-14H2,1-2H3,(H,27,31). The predicted molar refractivity (Wildman–Crippen MR) is 124 cm³/mol. The first kappa shape index (κ1) is 20.9. The Hall–Kier alpha value is -3.94. The van der Waals surface area contributed by atoms with E-state index in [1.807, 2.05) is 55.5 Å². The number of aryl methyl sites for hydroxylation is 1. The summed E-state index contributed by atoms with van der Waals surface area (Å²) < 4.78 is 12.6. The van der Waals surface area contributed by atoms with Gasteiger partial charge in [-0.2, -0.15) is 9.78 Å². The minimum absolute atomic E-state index is 0.161. The fourth-order valence-electron chi connectivity index (χ4n) is 3.81. The van der Waals surface area contributed by atoms with Crippen molar-refractivity contribution in [2.45, 2.75) is 25.7 Å². The van der Waals surface area contributed by atoms with Crippen molar-refractivity contribution in [3.05, 3.63) is 71.7 Å². The van der Waals surface area contributed by atoms with Crippen LogP contribution in [0.5, 0.6) is 11.5 Å². The quantitative estimate of drug-likeness (QED) is 0.416. The fraction of sp³-hybridized carbons (Fsp3) is 0.280. The van der Waals surface area contributed by atoms with Gasteiger partial charge in [-0.1, -0.05) is 6.07 Å². The third-order valence-corrected chi connectivity index (χ3v) is 5.65. The van der Waals surface area contributed by atoms with Crippen LogP contribution in [-0.2, 0) is 0 Å². The Morgan fingerprint density at radius 2 is 1.94 bits per heavy atom. The molecule has 8 nitrogen and oxygen atoms in total. The lowest BCUT2D eigenvalue weighted by molar-refractivity contribution is 0.0948. The van der Waals surface area contributed by atoms with Gasteiger partial charge >= 0.3 is 0 Å². The number of methoxy groups -OCH3 is 1. The minimum Gasteiger partial charge on any atom is -0.497 e. The molecular formula is C25H25N5O3. The van der Waals surface area contributed by atoms with Crippen LogP contribution in [0.4, 0.5) is 0 Å². The van der Waals surface area contributed by atoms with Gasteiger partial charge in [0.25, 0.3) is 5.91 Å². The van der Waals surface area contributed by atoms with E-state index in [0.717, 1.165) is 41.1 Å². The molecular weight excluding hydrogens is 418 g/mol. The molecule has 3 aromatic heterocycles. The maximum atomic E-state index is 13.2. The summed E-state index contributed by atoms with van der Waals surface area (Å²) in [6, 6.07) is 14.9. The van der Waals surface area contributed by atoms with Crippen molar-refractivity contribution in [3.63, 3.8) is 0 Å². The molecule has 1 aliphatic carbocycles. The molecule has 5 rings (SSSR count). The number of aromatic nitrogens is 4. The number of nitrogens with one attached hydrogen (secondary N) is 1. The Labute approximate surface area is 191 Å². The van der Waals surface area contributed by atoms with Gasteiger partial charge in [0, 0.05) is 17.8 Å². The number of carbonyl (C=O) groups is 1. The third kappa shape index (κ3) is 4.37. The Morgan fingerprint density at radius 3 is 2.64 bits per heavy atom. The highest BCUT2D eigenvalue weighted by Crippen LogP contribution is 2.40. The second-order valence-electron chi connectivity index (χ2n) is 8.03. The van der Waals surface area contributed by atoms with E-state index in [-0.39, 0.29) is 5.91 Å². The van der Waals surface area contributed by atoms with E-state index in [0.29, 0.717) is 36.1 Å². The molecule has 0 unspecified atom stereocenters. The molecule has 0 aliphatic heterocycles. The van der Waals surface area contributed by atoms with Crippen molar-refractivity contribution in [2.24, 2.45) is 0 Å². The predicted octanol–water partition coefficient (Wildman–Crippen LogP) is 3.82. The zero-order valence-corrected chi connectivity index (χ0v) is 18.6. The normalized spacial score (nSPS) is 13.2. The largest absolute Gasteiger partial charge is 0.497 e. The summed E-state index contributed by atoms with van der Waals surface area (Å²) in [6.45, 7) is 2.62. The van der Waals surface area contributed by atoms with E-state index in [1.54, 1.807) is 18.0 Å². The van der Waals surface area contributed by atoms with E-state index in [9.17, 15) is 4.79 Å². The highest BCUT2D eigenvalue weighted by Gasteiger charge is 2.29. The molecule has 0 bridgehead atoms. The molecule has 168 valence electrons. The van der Waals surface area contributed by atoms with Crippen LogP contribution in [0.15, 0.2) is 54.7 Å². The minimum atomic E-state index is -0.161. The first-order valence-electron chi connectivity index (χ1n) is 11.0. The Morgan fingerprint density at radius 1 is 1.15 bits per heavy atom. The molecule has 1 amide bonds.